The number of ether oxygens (including phenoxy) is 1. The molecular formula is C13H14ClN3O4S3. The number of rotatable bonds is 6. The van der Waals surface area contributed by atoms with Crippen molar-refractivity contribution in [3.8, 4) is 0 Å². The van der Waals surface area contributed by atoms with E-state index in [9.17, 15) is 13.2 Å². The number of anilines is 1. The van der Waals surface area contributed by atoms with Gasteiger partial charge in [0.05, 0.1) is 12.3 Å². The van der Waals surface area contributed by atoms with Crippen LogP contribution in [0, 0.1) is 0 Å². The zero-order chi connectivity index (χ0) is 17.2. The molecule has 0 unspecified atom stereocenters. The predicted molar refractivity (Wildman–Crippen MR) is 93.1 cm³/mol. The molecule has 1 saturated heterocycles. The molecule has 1 aliphatic heterocycles. The average molecular weight is 408 g/mol. The monoisotopic (exact) mass is 407 g/mol. The predicted octanol–water partition coefficient (Wildman–Crippen LogP) is 1.95. The zero-order valence-corrected chi connectivity index (χ0v) is 15.6. The summed E-state index contributed by atoms with van der Waals surface area (Å²) >= 11 is 8.24. The number of halogens is 1. The number of nitrogens with zero attached hydrogens (tertiary/aromatic N) is 3. The molecule has 2 aromatic rings. The summed E-state index contributed by atoms with van der Waals surface area (Å²) in [6.07, 6.45) is 0.534. The summed E-state index contributed by atoms with van der Waals surface area (Å²) in [7, 11) is -3.80. The molecule has 0 N–H and O–H groups in total. The minimum absolute atomic E-state index is 0.0454. The second-order valence-electron chi connectivity index (χ2n) is 4.96. The fourth-order valence-electron chi connectivity index (χ4n) is 2.12. The minimum Gasteiger partial charge on any atom is -0.370 e. The van der Waals surface area contributed by atoms with Crippen molar-refractivity contribution in [1.82, 2.24) is 9.88 Å². The highest BCUT2D eigenvalue weighted by atomic mass is 35.5. The largest absolute Gasteiger partial charge is 0.370 e. The van der Waals surface area contributed by atoms with Gasteiger partial charge in [0.15, 0.2) is 0 Å². The van der Waals surface area contributed by atoms with Crippen LogP contribution in [0.1, 0.15) is 5.69 Å². The summed E-state index contributed by atoms with van der Waals surface area (Å²) in [5.74, 6) is -0.0454. The van der Waals surface area contributed by atoms with E-state index in [4.69, 9.17) is 16.5 Å². The summed E-state index contributed by atoms with van der Waals surface area (Å²) in [6.45, 7) is 1.72. The highest BCUT2D eigenvalue weighted by Crippen LogP contribution is 2.30. The highest BCUT2D eigenvalue weighted by molar-refractivity contribution is 7.96. The van der Waals surface area contributed by atoms with Crippen molar-refractivity contribution in [1.29, 1.82) is 0 Å². The molecule has 0 saturated carbocycles. The normalized spacial score (nSPS) is 15.7. The first kappa shape index (κ1) is 17.6. The maximum absolute atomic E-state index is 12.4. The van der Waals surface area contributed by atoms with Crippen LogP contribution < -0.4 is 3.82 Å². The standard InChI is InChI=1S/C13H14ClN3O4S3/c14-17(24(19,20)12-2-1-7-22-12)13-15-10(9-23-13)3-4-16-5-6-21-8-11(16)18/h1-2,7,9H,3-6,8H2. The van der Waals surface area contributed by atoms with Gasteiger partial charge < -0.3 is 9.64 Å². The molecule has 3 rings (SSSR count). The number of thiophene rings is 1. The molecule has 1 amide bonds. The van der Waals surface area contributed by atoms with E-state index < -0.39 is 10.0 Å². The van der Waals surface area contributed by atoms with Gasteiger partial charge in [0, 0.05) is 36.7 Å². The molecule has 0 atom stereocenters. The number of aromatic nitrogens is 1. The van der Waals surface area contributed by atoms with Crippen molar-refractivity contribution in [2.24, 2.45) is 0 Å². The molecule has 0 spiro atoms. The molecule has 24 heavy (non-hydrogen) atoms. The van der Waals surface area contributed by atoms with Gasteiger partial charge in [-0.15, -0.1) is 26.5 Å². The Kier molecular flexibility index (Phi) is 5.40. The van der Waals surface area contributed by atoms with Crippen molar-refractivity contribution in [2.45, 2.75) is 10.6 Å². The molecule has 3 heterocycles. The van der Waals surface area contributed by atoms with E-state index in [1.807, 2.05) is 0 Å². The molecule has 2 aromatic heterocycles. The van der Waals surface area contributed by atoms with Crippen LogP contribution in [-0.2, 0) is 26.0 Å². The first-order chi connectivity index (χ1) is 11.5. The maximum atomic E-state index is 12.4. The van der Waals surface area contributed by atoms with Crippen LogP contribution in [0.5, 0.6) is 0 Å². The number of hydrogen-bond donors (Lipinski definition) is 0. The lowest BCUT2D eigenvalue weighted by atomic mass is 10.3. The Labute approximate surface area is 152 Å². The lowest BCUT2D eigenvalue weighted by Crippen LogP contribution is -2.42. The maximum Gasteiger partial charge on any atom is 0.289 e. The molecule has 0 aromatic carbocycles. The average Bonchev–Trinajstić information content (AvgIpc) is 3.25. The van der Waals surface area contributed by atoms with Gasteiger partial charge >= 0.3 is 0 Å². The Hall–Kier alpha value is -1.20. The number of hydrogen-bond acceptors (Lipinski definition) is 7. The van der Waals surface area contributed by atoms with E-state index in [1.54, 1.807) is 21.7 Å². The number of thiazole rings is 1. The second-order valence-corrected chi connectivity index (χ2v) is 9.29. The Bertz CT molecular complexity index is 806. The molecular weight excluding hydrogens is 394 g/mol. The second kappa shape index (κ2) is 7.36. The van der Waals surface area contributed by atoms with Gasteiger partial charge in [-0.3, -0.25) is 4.79 Å². The number of carbonyl (C=O) groups is 1. The van der Waals surface area contributed by atoms with Crippen LogP contribution in [0.4, 0.5) is 5.13 Å². The first-order valence-corrected chi connectivity index (χ1v) is 10.6. The van der Waals surface area contributed by atoms with Crippen LogP contribution in [0.25, 0.3) is 0 Å². The molecule has 130 valence electrons. The fraction of sp³-hybridized carbons (Fsp3) is 0.385. The third-order valence-electron chi connectivity index (χ3n) is 3.37. The van der Waals surface area contributed by atoms with Gasteiger partial charge in [-0.2, -0.15) is 8.42 Å². The number of morpholine rings is 1. The Balaban J connectivity index is 1.66. The fourth-order valence-corrected chi connectivity index (χ4v) is 5.69. The third kappa shape index (κ3) is 3.72. The van der Waals surface area contributed by atoms with Crippen LogP contribution in [0.15, 0.2) is 27.1 Å². The van der Waals surface area contributed by atoms with Gasteiger partial charge in [0.1, 0.15) is 10.8 Å². The van der Waals surface area contributed by atoms with E-state index in [2.05, 4.69) is 4.98 Å². The molecule has 0 bridgehead atoms. The number of sulfonamides is 1. The van der Waals surface area contributed by atoms with Gasteiger partial charge in [0.25, 0.3) is 10.0 Å². The Morgan fingerprint density at radius 2 is 2.25 bits per heavy atom. The van der Waals surface area contributed by atoms with Crippen molar-refractivity contribution < 1.29 is 17.9 Å². The van der Waals surface area contributed by atoms with E-state index in [0.717, 1.165) is 22.7 Å². The highest BCUT2D eigenvalue weighted by Gasteiger charge is 2.27. The third-order valence-corrected chi connectivity index (χ3v) is 7.99. The number of amides is 1. The number of carbonyl (C=O) groups excluding carboxylic acids is 1. The lowest BCUT2D eigenvalue weighted by Gasteiger charge is -2.26. The molecule has 1 aliphatic rings. The van der Waals surface area contributed by atoms with Crippen LogP contribution in [-0.4, -0.2) is 50.5 Å². The van der Waals surface area contributed by atoms with Crippen molar-refractivity contribution >= 4 is 55.5 Å². The lowest BCUT2D eigenvalue weighted by molar-refractivity contribution is -0.142. The van der Waals surface area contributed by atoms with Gasteiger partial charge in [0.2, 0.25) is 11.0 Å². The van der Waals surface area contributed by atoms with E-state index in [0.29, 0.717) is 35.6 Å². The van der Waals surface area contributed by atoms with Crippen molar-refractivity contribution in [3.05, 3.63) is 28.6 Å². The molecule has 7 nitrogen and oxygen atoms in total. The molecule has 0 radical (unpaired) electrons. The van der Waals surface area contributed by atoms with Crippen LogP contribution >= 0.6 is 34.5 Å². The van der Waals surface area contributed by atoms with E-state index in [-0.39, 0.29) is 21.9 Å². The van der Waals surface area contributed by atoms with Crippen molar-refractivity contribution in [2.75, 3.05) is 30.1 Å². The van der Waals surface area contributed by atoms with Crippen molar-refractivity contribution in [3.63, 3.8) is 0 Å². The zero-order valence-electron chi connectivity index (χ0n) is 12.4. The van der Waals surface area contributed by atoms with Gasteiger partial charge in [-0.1, -0.05) is 6.07 Å². The van der Waals surface area contributed by atoms with Crippen LogP contribution in [0.2, 0.25) is 0 Å². The summed E-state index contributed by atoms with van der Waals surface area (Å²) in [5.41, 5.74) is 0.696. The smallest absolute Gasteiger partial charge is 0.289 e. The summed E-state index contributed by atoms with van der Waals surface area (Å²) in [4.78, 5) is 17.6. The summed E-state index contributed by atoms with van der Waals surface area (Å²) in [6, 6.07) is 3.14. The van der Waals surface area contributed by atoms with Crippen LogP contribution in [0.3, 0.4) is 0 Å². The van der Waals surface area contributed by atoms with E-state index >= 15 is 0 Å². The van der Waals surface area contributed by atoms with E-state index in [1.165, 1.54) is 6.07 Å². The van der Waals surface area contributed by atoms with Gasteiger partial charge in [-0.05, 0) is 11.4 Å². The quantitative estimate of drug-likeness (QED) is 0.684. The summed E-state index contributed by atoms with van der Waals surface area (Å²) < 4.78 is 30.6. The molecule has 1 fully saturated rings. The van der Waals surface area contributed by atoms with Gasteiger partial charge in [-0.25, -0.2) is 4.98 Å². The Morgan fingerprint density at radius 3 is 2.96 bits per heavy atom. The molecule has 0 aliphatic carbocycles. The Morgan fingerprint density at radius 1 is 1.42 bits per heavy atom. The first-order valence-electron chi connectivity index (χ1n) is 7.03. The SMILES string of the molecule is O=C1COCCN1CCc1csc(N(Cl)S(=O)(=O)c2cccs2)n1. The topological polar surface area (TPSA) is 79.8 Å². The minimum atomic E-state index is -3.80. The molecule has 11 heteroatoms. The summed E-state index contributed by atoms with van der Waals surface area (Å²) in [5, 5.41) is 3.61.